The van der Waals surface area contributed by atoms with E-state index in [0.717, 1.165) is 0 Å². The molecule has 0 heterocycles. The Morgan fingerprint density at radius 1 is 1.56 bits per heavy atom. The molecule has 0 amide bonds. The van der Waals surface area contributed by atoms with Gasteiger partial charge in [0.25, 0.3) is 0 Å². The van der Waals surface area contributed by atoms with Crippen LogP contribution in [0.2, 0.25) is 0 Å². The molecule has 0 spiro atoms. The standard InChI is InChI=1S/C10H10BrNO4/c1-3-16-10-4-7(6(2)13)8(11)5-9(10)12(14)15/h4-5H,3H2,1-2H3. The van der Waals surface area contributed by atoms with Crippen LogP contribution in [0.4, 0.5) is 5.69 Å². The number of rotatable bonds is 4. The number of nitro groups is 1. The Hall–Kier alpha value is -1.43. The maximum absolute atomic E-state index is 11.2. The largest absolute Gasteiger partial charge is 0.487 e. The van der Waals surface area contributed by atoms with Crippen molar-refractivity contribution in [3.8, 4) is 5.75 Å². The Kier molecular flexibility index (Phi) is 4.00. The molecule has 86 valence electrons. The number of Topliss-reactive ketones (excluding diaryl/α,β-unsaturated/α-hetero) is 1. The minimum atomic E-state index is -0.542. The highest BCUT2D eigenvalue weighted by Crippen LogP contribution is 2.33. The van der Waals surface area contributed by atoms with E-state index in [1.807, 2.05) is 0 Å². The fraction of sp³-hybridized carbons (Fsp3) is 0.300. The smallest absolute Gasteiger partial charge is 0.312 e. The van der Waals surface area contributed by atoms with Crippen molar-refractivity contribution in [3.63, 3.8) is 0 Å². The molecule has 5 nitrogen and oxygen atoms in total. The van der Waals surface area contributed by atoms with Gasteiger partial charge in [0.1, 0.15) is 0 Å². The first-order chi connectivity index (χ1) is 7.47. The molecule has 0 aliphatic carbocycles. The summed E-state index contributed by atoms with van der Waals surface area (Å²) < 4.78 is 5.53. The lowest BCUT2D eigenvalue weighted by Crippen LogP contribution is -2.01. The van der Waals surface area contributed by atoms with Gasteiger partial charge < -0.3 is 4.74 Å². The van der Waals surface area contributed by atoms with Crippen molar-refractivity contribution in [3.05, 3.63) is 32.3 Å². The zero-order valence-corrected chi connectivity index (χ0v) is 10.4. The van der Waals surface area contributed by atoms with Gasteiger partial charge in [-0.1, -0.05) is 0 Å². The molecule has 0 radical (unpaired) electrons. The van der Waals surface area contributed by atoms with E-state index in [4.69, 9.17) is 4.74 Å². The first-order valence-electron chi connectivity index (χ1n) is 4.59. The van der Waals surface area contributed by atoms with Gasteiger partial charge in [0.05, 0.1) is 11.5 Å². The summed E-state index contributed by atoms with van der Waals surface area (Å²) >= 11 is 3.12. The minimum Gasteiger partial charge on any atom is -0.487 e. The van der Waals surface area contributed by atoms with Crippen LogP contribution in [-0.4, -0.2) is 17.3 Å². The van der Waals surface area contributed by atoms with Crippen LogP contribution in [0.15, 0.2) is 16.6 Å². The van der Waals surface area contributed by atoms with E-state index in [-0.39, 0.29) is 17.2 Å². The van der Waals surface area contributed by atoms with E-state index in [2.05, 4.69) is 15.9 Å². The molecule has 0 aliphatic heterocycles. The summed E-state index contributed by atoms with van der Waals surface area (Å²) in [6, 6.07) is 2.66. The summed E-state index contributed by atoms with van der Waals surface area (Å²) in [6.07, 6.45) is 0. The van der Waals surface area contributed by atoms with Crippen LogP contribution in [0.5, 0.6) is 5.75 Å². The third-order valence-corrected chi connectivity index (χ3v) is 2.58. The molecule has 0 unspecified atom stereocenters. The van der Waals surface area contributed by atoms with E-state index in [1.54, 1.807) is 6.92 Å². The monoisotopic (exact) mass is 287 g/mol. The van der Waals surface area contributed by atoms with Crippen LogP contribution in [0.1, 0.15) is 24.2 Å². The molecule has 0 N–H and O–H groups in total. The van der Waals surface area contributed by atoms with Gasteiger partial charge in [-0.15, -0.1) is 0 Å². The normalized spacial score (nSPS) is 9.94. The van der Waals surface area contributed by atoms with Crippen LogP contribution < -0.4 is 4.74 Å². The van der Waals surface area contributed by atoms with Crippen molar-refractivity contribution >= 4 is 27.4 Å². The lowest BCUT2D eigenvalue weighted by atomic mass is 10.1. The molecule has 0 fully saturated rings. The van der Waals surface area contributed by atoms with Crippen molar-refractivity contribution in [2.75, 3.05) is 6.61 Å². The summed E-state index contributed by atoms with van der Waals surface area (Å²) in [6.45, 7) is 3.42. The van der Waals surface area contributed by atoms with Gasteiger partial charge in [-0.2, -0.15) is 0 Å². The molecule has 0 saturated carbocycles. The maximum atomic E-state index is 11.2. The van der Waals surface area contributed by atoms with E-state index >= 15 is 0 Å². The Bertz CT molecular complexity index is 445. The molecular formula is C10H10BrNO4. The number of nitrogens with zero attached hydrogens (tertiary/aromatic N) is 1. The van der Waals surface area contributed by atoms with Crippen LogP contribution in [-0.2, 0) is 0 Å². The van der Waals surface area contributed by atoms with E-state index in [1.165, 1.54) is 19.1 Å². The summed E-state index contributed by atoms with van der Waals surface area (Å²) in [5.41, 5.74) is 0.216. The average molecular weight is 288 g/mol. The van der Waals surface area contributed by atoms with Crippen molar-refractivity contribution in [2.45, 2.75) is 13.8 Å². The fourth-order valence-corrected chi connectivity index (χ4v) is 1.84. The summed E-state index contributed by atoms with van der Waals surface area (Å²) in [7, 11) is 0. The highest BCUT2D eigenvalue weighted by atomic mass is 79.9. The molecular weight excluding hydrogens is 278 g/mol. The summed E-state index contributed by atoms with van der Waals surface area (Å²) in [5.74, 6) is -0.0661. The third kappa shape index (κ3) is 2.57. The second kappa shape index (κ2) is 5.07. The number of carbonyl (C=O) groups excluding carboxylic acids is 1. The Labute approximate surface area is 101 Å². The molecule has 1 aromatic carbocycles. The van der Waals surface area contributed by atoms with Crippen molar-refractivity contribution in [1.29, 1.82) is 0 Å². The number of nitro benzene ring substituents is 1. The summed E-state index contributed by atoms with van der Waals surface area (Å²) in [4.78, 5) is 21.5. The molecule has 0 atom stereocenters. The maximum Gasteiger partial charge on any atom is 0.312 e. The fourth-order valence-electron chi connectivity index (χ4n) is 1.23. The van der Waals surface area contributed by atoms with Crippen molar-refractivity contribution < 1.29 is 14.5 Å². The van der Waals surface area contributed by atoms with Gasteiger partial charge in [0, 0.05) is 16.1 Å². The predicted octanol–water partition coefficient (Wildman–Crippen LogP) is 2.96. The number of ether oxygens (including phenoxy) is 1. The van der Waals surface area contributed by atoms with E-state index in [9.17, 15) is 14.9 Å². The Morgan fingerprint density at radius 3 is 2.62 bits per heavy atom. The quantitative estimate of drug-likeness (QED) is 0.485. The number of hydrogen-bond donors (Lipinski definition) is 0. The Morgan fingerprint density at radius 2 is 2.19 bits per heavy atom. The zero-order chi connectivity index (χ0) is 12.3. The zero-order valence-electron chi connectivity index (χ0n) is 8.82. The van der Waals surface area contributed by atoms with E-state index in [0.29, 0.717) is 16.6 Å². The second-order valence-corrected chi connectivity index (χ2v) is 3.90. The lowest BCUT2D eigenvalue weighted by molar-refractivity contribution is -0.385. The molecule has 16 heavy (non-hydrogen) atoms. The molecule has 0 aliphatic rings. The van der Waals surface area contributed by atoms with Crippen LogP contribution >= 0.6 is 15.9 Å². The molecule has 6 heteroatoms. The average Bonchev–Trinajstić information content (AvgIpc) is 2.19. The van der Waals surface area contributed by atoms with Gasteiger partial charge in [-0.25, -0.2) is 0 Å². The van der Waals surface area contributed by atoms with Gasteiger partial charge in [0.2, 0.25) is 0 Å². The Balaban J connectivity index is 3.36. The van der Waals surface area contributed by atoms with Gasteiger partial charge in [0.15, 0.2) is 11.5 Å². The topological polar surface area (TPSA) is 69.4 Å². The number of benzene rings is 1. The molecule has 1 aromatic rings. The van der Waals surface area contributed by atoms with Crippen molar-refractivity contribution in [1.82, 2.24) is 0 Å². The third-order valence-electron chi connectivity index (χ3n) is 1.92. The van der Waals surface area contributed by atoms with E-state index < -0.39 is 4.92 Å². The molecule has 0 aromatic heterocycles. The first kappa shape index (κ1) is 12.6. The number of ketones is 1. The highest BCUT2D eigenvalue weighted by Gasteiger charge is 2.19. The second-order valence-electron chi connectivity index (χ2n) is 3.05. The van der Waals surface area contributed by atoms with Crippen molar-refractivity contribution in [2.24, 2.45) is 0 Å². The lowest BCUT2D eigenvalue weighted by Gasteiger charge is -2.07. The van der Waals surface area contributed by atoms with Gasteiger partial charge >= 0.3 is 5.69 Å². The number of hydrogen-bond acceptors (Lipinski definition) is 4. The first-order valence-corrected chi connectivity index (χ1v) is 5.38. The van der Waals surface area contributed by atoms with Crippen LogP contribution in [0.3, 0.4) is 0 Å². The summed E-state index contributed by atoms with van der Waals surface area (Å²) in [5, 5.41) is 10.7. The van der Waals surface area contributed by atoms with Gasteiger partial charge in [-0.05, 0) is 35.8 Å². The van der Waals surface area contributed by atoms with Crippen LogP contribution in [0, 0.1) is 10.1 Å². The number of halogens is 1. The SMILES string of the molecule is CCOc1cc(C(C)=O)c(Br)cc1[N+](=O)[O-]. The molecule has 0 saturated heterocycles. The highest BCUT2D eigenvalue weighted by molar-refractivity contribution is 9.10. The minimum absolute atomic E-state index is 0.112. The van der Waals surface area contributed by atoms with Crippen LogP contribution in [0.25, 0.3) is 0 Å². The number of carbonyl (C=O) groups is 1. The predicted molar refractivity (Wildman–Crippen MR) is 62.0 cm³/mol. The van der Waals surface area contributed by atoms with Gasteiger partial charge in [-0.3, -0.25) is 14.9 Å². The molecule has 0 bridgehead atoms. The molecule has 1 rings (SSSR count).